The highest BCUT2D eigenvalue weighted by Gasteiger charge is 2.24. The van der Waals surface area contributed by atoms with E-state index in [0.717, 1.165) is 102 Å². The van der Waals surface area contributed by atoms with Crippen LogP contribution in [-0.2, 0) is 4.79 Å². The predicted molar refractivity (Wildman–Crippen MR) is 124 cm³/mol. The van der Waals surface area contributed by atoms with Gasteiger partial charge in [0.2, 0.25) is 5.95 Å². The summed E-state index contributed by atoms with van der Waals surface area (Å²) in [6, 6.07) is 2.21. The summed E-state index contributed by atoms with van der Waals surface area (Å²) in [4.78, 5) is 30.3. The average Bonchev–Trinajstić information content (AvgIpc) is 3.51. The minimum atomic E-state index is -0.679. The fraction of sp³-hybridized carbons (Fsp3) is 0.783. The summed E-state index contributed by atoms with van der Waals surface area (Å²) in [5, 5.41) is 8.72. The Morgan fingerprint density at radius 2 is 1.29 bits per heavy atom. The van der Waals surface area contributed by atoms with Gasteiger partial charge in [0.1, 0.15) is 11.6 Å². The Morgan fingerprint density at radius 3 is 1.90 bits per heavy atom. The second-order valence-corrected chi connectivity index (χ2v) is 9.16. The van der Waals surface area contributed by atoms with Crippen molar-refractivity contribution < 1.29 is 9.90 Å². The first-order chi connectivity index (χ1) is 15.2. The Hall–Kier alpha value is -2.09. The van der Waals surface area contributed by atoms with Gasteiger partial charge in [0, 0.05) is 64.8 Å². The van der Waals surface area contributed by atoms with Gasteiger partial charge >= 0.3 is 5.97 Å². The highest BCUT2D eigenvalue weighted by molar-refractivity contribution is 5.66. The van der Waals surface area contributed by atoms with E-state index in [2.05, 4.69) is 25.7 Å². The van der Waals surface area contributed by atoms with Crippen molar-refractivity contribution in [2.45, 2.75) is 57.8 Å². The maximum absolute atomic E-state index is 10.6. The maximum Gasteiger partial charge on any atom is 0.303 e. The third-order valence-electron chi connectivity index (χ3n) is 6.82. The standard InChI is InChI=1S/C23H38N6O2/c30-22(31)9-3-1-2-4-10-26-15-17-28(18-16-26)21-19-20(27-11-5-6-12-27)24-23(25-21)29-13-7-8-14-29/h19H,1-18H2,(H,30,31). The molecule has 1 N–H and O–H groups in total. The number of piperazine rings is 1. The van der Waals surface area contributed by atoms with Crippen LogP contribution in [0.1, 0.15) is 57.8 Å². The lowest BCUT2D eigenvalue weighted by atomic mass is 10.1. The molecule has 8 heteroatoms. The van der Waals surface area contributed by atoms with E-state index in [-0.39, 0.29) is 0 Å². The normalized spacial score (nSPS) is 20.1. The minimum absolute atomic E-state index is 0.302. The van der Waals surface area contributed by atoms with Crippen LogP contribution in [0, 0.1) is 0 Å². The van der Waals surface area contributed by atoms with Gasteiger partial charge < -0.3 is 19.8 Å². The molecule has 4 rings (SSSR count). The Bertz CT molecular complexity index is 676. The third-order valence-corrected chi connectivity index (χ3v) is 6.82. The monoisotopic (exact) mass is 430 g/mol. The molecule has 0 atom stereocenters. The molecule has 0 amide bonds. The molecule has 1 aromatic heterocycles. The molecule has 3 aliphatic heterocycles. The Morgan fingerprint density at radius 1 is 0.742 bits per heavy atom. The molecule has 0 saturated carbocycles. The number of anilines is 3. The van der Waals surface area contributed by atoms with Crippen molar-refractivity contribution in [1.29, 1.82) is 0 Å². The van der Waals surface area contributed by atoms with Crippen LogP contribution in [0.5, 0.6) is 0 Å². The quantitative estimate of drug-likeness (QED) is 0.568. The van der Waals surface area contributed by atoms with Crippen LogP contribution in [0.3, 0.4) is 0 Å². The number of rotatable bonds is 10. The van der Waals surface area contributed by atoms with Crippen molar-refractivity contribution in [1.82, 2.24) is 14.9 Å². The van der Waals surface area contributed by atoms with Gasteiger partial charge in [-0.05, 0) is 45.1 Å². The molecule has 172 valence electrons. The van der Waals surface area contributed by atoms with Crippen molar-refractivity contribution >= 4 is 23.6 Å². The molecule has 3 fully saturated rings. The van der Waals surface area contributed by atoms with E-state index in [9.17, 15) is 4.79 Å². The Kier molecular flexibility index (Phi) is 7.83. The molecule has 3 aliphatic rings. The second-order valence-electron chi connectivity index (χ2n) is 9.16. The first kappa shape index (κ1) is 22.1. The van der Waals surface area contributed by atoms with Crippen molar-refractivity contribution in [3.63, 3.8) is 0 Å². The number of carboxylic acid groups (broad SMARTS) is 1. The van der Waals surface area contributed by atoms with Gasteiger partial charge in [0.05, 0.1) is 0 Å². The topological polar surface area (TPSA) is 76.0 Å². The van der Waals surface area contributed by atoms with Crippen molar-refractivity contribution in [3.8, 4) is 0 Å². The second kappa shape index (κ2) is 11.0. The van der Waals surface area contributed by atoms with E-state index in [1.807, 2.05) is 0 Å². The van der Waals surface area contributed by atoms with Crippen LogP contribution in [0.4, 0.5) is 17.6 Å². The van der Waals surface area contributed by atoms with Crippen LogP contribution in [0.25, 0.3) is 0 Å². The number of aromatic nitrogens is 2. The van der Waals surface area contributed by atoms with E-state index in [4.69, 9.17) is 15.1 Å². The van der Waals surface area contributed by atoms with E-state index < -0.39 is 5.97 Å². The third kappa shape index (κ3) is 6.21. The van der Waals surface area contributed by atoms with E-state index >= 15 is 0 Å². The lowest BCUT2D eigenvalue weighted by molar-refractivity contribution is -0.137. The number of nitrogens with zero attached hydrogens (tertiary/aromatic N) is 6. The molecule has 8 nitrogen and oxygen atoms in total. The Labute approximate surface area is 186 Å². The lowest BCUT2D eigenvalue weighted by Crippen LogP contribution is -2.47. The molecule has 0 radical (unpaired) electrons. The SMILES string of the molecule is O=C(O)CCCCCCN1CCN(c2cc(N3CCCC3)nc(N3CCCC3)n2)CC1. The van der Waals surface area contributed by atoms with Crippen LogP contribution in [0.15, 0.2) is 6.07 Å². The molecular formula is C23H38N6O2. The zero-order valence-corrected chi connectivity index (χ0v) is 18.8. The Balaban J connectivity index is 1.30. The first-order valence-corrected chi connectivity index (χ1v) is 12.3. The van der Waals surface area contributed by atoms with E-state index in [1.54, 1.807) is 0 Å². The number of carbonyl (C=O) groups is 1. The van der Waals surface area contributed by atoms with Gasteiger partial charge in [-0.2, -0.15) is 9.97 Å². The molecule has 31 heavy (non-hydrogen) atoms. The fourth-order valence-corrected chi connectivity index (χ4v) is 4.90. The van der Waals surface area contributed by atoms with Crippen LogP contribution < -0.4 is 14.7 Å². The molecule has 3 saturated heterocycles. The van der Waals surface area contributed by atoms with Crippen LogP contribution in [-0.4, -0.2) is 84.8 Å². The zero-order chi connectivity index (χ0) is 21.5. The fourth-order valence-electron chi connectivity index (χ4n) is 4.90. The van der Waals surface area contributed by atoms with Crippen LogP contribution >= 0.6 is 0 Å². The van der Waals surface area contributed by atoms with Gasteiger partial charge in [-0.3, -0.25) is 9.69 Å². The van der Waals surface area contributed by atoms with E-state index in [0.29, 0.717) is 6.42 Å². The van der Waals surface area contributed by atoms with Crippen molar-refractivity contribution in [3.05, 3.63) is 6.07 Å². The lowest BCUT2D eigenvalue weighted by Gasteiger charge is -2.36. The number of hydrogen-bond donors (Lipinski definition) is 1. The molecule has 0 spiro atoms. The van der Waals surface area contributed by atoms with Crippen molar-refractivity contribution in [2.75, 3.05) is 73.6 Å². The molecule has 0 aliphatic carbocycles. The molecule has 0 aromatic carbocycles. The largest absolute Gasteiger partial charge is 0.481 e. The zero-order valence-electron chi connectivity index (χ0n) is 18.8. The summed E-state index contributed by atoms with van der Waals surface area (Å²) in [6.45, 7) is 9.62. The summed E-state index contributed by atoms with van der Waals surface area (Å²) < 4.78 is 0. The van der Waals surface area contributed by atoms with Gasteiger partial charge in [-0.15, -0.1) is 0 Å². The molecule has 0 unspecified atom stereocenters. The predicted octanol–water partition coefficient (Wildman–Crippen LogP) is 2.83. The average molecular weight is 431 g/mol. The van der Waals surface area contributed by atoms with Gasteiger partial charge in [-0.25, -0.2) is 0 Å². The summed E-state index contributed by atoms with van der Waals surface area (Å²) in [7, 11) is 0. The number of aliphatic carboxylic acids is 1. The first-order valence-electron chi connectivity index (χ1n) is 12.3. The van der Waals surface area contributed by atoms with Gasteiger partial charge in [-0.1, -0.05) is 12.8 Å². The van der Waals surface area contributed by atoms with Gasteiger partial charge in [0.25, 0.3) is 0 Å². The van der Waals surface area contributed by atoms with Gasteiger partial charge in [0.15, 0.2) is 0 Å². The van der Waals surface area contributed by atoms with E-state index in [1.165, 1.54) is 25.7 Å². The summed E-state index contributed by atoms with van der Waals surface area (Å²) >= 11 is 0. The molecule has 1 aromatic rings. The number of carboxylic acids is 1. The summed E-state index contributed by atoms with van der Waals surface area (Å²) in [6.07, 6.45) is 9.39. The van der Waals surface area contributed by atoms with Crippen molar-refractivity contribution in [2.24, 2.45) is 0 Å². The number of unbranched alkanes of at least 4 members (excludes halogenated alkanes) is 3. The van der Waals surface area contributed by atoms with Crippen LogP contribution in [0.2, 0.25) is 0 Å². The highest BCUT2D eigenvalue weighted by atomic mass is 16.4. The molecule has 4 heterocycles. The highest BCUT2D eigenvalue weighted by Crippen LogP contribution is 2.27. The summed E-state index contributed by atoms with van der Waals surface area (Å²) in [5.74, 6) is 2.43. The maximum atomic E-state index is 10.6. The smallest absolute Gasteiger partial charge is 0.303 e. The number of hydrogen-bond acceptors (Lipinski definition) is 7. The molecular weight excluding hydrogens is 392 g/mol. The molecule has 0 bridgehead atoms. The minimum Gasteiger partial charge on any atom is -0.481 e. The summed E-state index contributed by atoms with van der Waals surface area (Å²) in [5.41, 5.74) is 0.